The largest absolute Gasteiger partial charge is 0.493 e. The highest BCUT2D eigenvalue weighted by Gasteiger charge is 2.15. The molecule has 1 aromatic rings. The number of hydrogen-bond donors (Lipinski definition) is 0. The van der Waals surface area contributed by atoms with Crippen molar-refractivity contribution in [3.63, 3.8) is 0 Å². The van der Waals surface area contributed by atoms with Gasteiger partial charge in [-0.3, -0.25) is 4.79 Å². The molecule has 0 N–H and O–H groups in total. The minimum atomic E-state index is -0.373. The van der Waals surface area contributed by atoms with E-state index in [1.807, 2.05) is 18.2 Å². The van der Waals surface area contributed by atoms with Gasteiger partial charge in [-0.15, -0.1) is 0 Å². The van der Waals surface area contributed by atoms with E-state index in [1.54, 1.807) is 14.2 Å². The number of carbonyl (C=O) groups excluding carboxylic acids is 1. The highest BCUT2D eigenvalue weighted by Crippen LogP contribution is 2.34. The first-order chi connectivity index (χ1) is 9.15. The van der Waals surface area contributed by atoms with E-state index in [0.29, 0.717) is 17.1 Å². The summed E-state index contributed by atoms with van der Waals surface area (Å²) < 4.78 is 10.6. The van der Waals surface area contributed by atoms with Gasteiger partial charge in [0.15, 0.2) is 11.5 Å². The third kappa shape index (κ3) is 3.10. The molecule has 0 unspecified atom stereocenters. The monoisotopic (exact) mass is 280 g/mol. The Labute approximate surface area is 118 Å². The van der Waals surface area contributed by atoms with Crippen molar-refractivity contribution in [2.75, 3.05) is 14.2 Å². The Hall–Kier alpha value is -1.48. The minimum Gasteiger partial charge on any atom is -0.493 e. The fourth-order valence-electron chi connectivity index (χ4n) is 2.33. The topological polar surface area (TPSA) is 35.5 Å². The number of hydrogen-bond acceptors (Lipinski definition) is 3. The molecule has 3 nitrogen and oxygen atoms in total. The predicted molar refractivity (Wildman–Crippen MR) is 75.9 cm³/mol. The summed E-state index contributed by atoms with van der Waals surface area (Å²) >= 11 is 5.62. The number of methoxy groups -OCH3 is 2. The third-order valence-electron chi connectivity index (χ3n) is 3.37. The van der Waals surface area contributed by atoms with Crippen molar-refractivity contribution in [3.8, 4) is 11.5 Å². The molecule has 0 fully saturated rings. The van der Waals surface area contributed by atoms with Crippen molar-refractivity contribution in [1.29, 1.82) is 0 Å². The Morgan fingerprint density at radius 1 is 1.11 bits per heavy atom. The number of benzene rings is 1. The van der Waals surface area contributed by atoms with Crippen molar-refractivity contribution < 1.29 is 14.3 Å². The normalized spacial score (nSPS) is 14.8. The van der Waals surface area contributed by atoms with Crippen LogP contribution in [0.15, 0.2) is 17.7 Å². The summed E-state index contributed by atoms with van der Waals surface area (Å²) in [6.07, 6.45) is 5.57. The second-order valence-corrected chi connectivity index (χ2v) is 4.90. The first-order valence-electron chi connectivity index (χ1n) is 6.31. The molecule has 102 valence electrons. The van der Waals surface area contributed by atoms with Crippen LogP contribution in [0.5, 0.6) is 11.5 Å². The fraction of sp³-hybridized carbons (Fsp3) is 0.400. The Morgan fingerprint density at radius 3 is 2.37 bits per heavy atom. The molecule has 4 heteroatoms. The number of halogens is 1. The van der Waals surface area contributed by atoms with Crippen LogP contribution >= 0.6 is 11.6 Å². The first kappa shape index (κ1) is 13.9. The summed E-state index contributed by atoms with van der Waals surface area (Å²) in [6.45, 7) is 0. The maximum Gasteiger partial charge on any atom is 0.248 e. The number of fused-ring (bicyclic) bond motifs is 1. The zero-order valence-electron chi connectivity index (χ0n) is 11.2. The van der Waals surface area contributed by atoms with Gasteiger partial charge in [0, 0.05) is 5.57 Å². The Morgan fingerprint density at radius 2 is 1.74 bits per heavy atom. The molecule has 0 radical (unpaired) electrons. The van der Waals surface area contributed by atoms with E-state index in [-0.39, 0.29) is 5.24 Å². The van der Waals surface area contributed by atoms with Crippen LogP contribution in [0.4, 0.5) is 0 Å². The number of rotatable bonds is 3. The van der Waals surface area contributed by atoms with Crippen LogP contribution in [0.25, 0.3) is 6.08 Å². The summed E-state index contributed by atoms with van der Waals surface area (Å²) in [6, 6.07) is 3.88. The van der Waals surface area contributed by atoms with Crippen molar-refractivity contribution in [3.05, 3.63) is 28.8 Å². The summed E-state index contributed by atoms with van der Waals surface area (Å²) in [5.74, 6) is 1.38. The number of allylic oxidation sites excluding steroid dienone is 1. The number of ether oxygens (including phenoxy) is 2. The van der Waals surface area contributed by atoms with E-state index in [2.05, 4.69) is 0 Å². The molecule has 0 saturated carbocycles. The van der Waals surface area contributed by atoms with Gasteiger partial charge in [-0.2, -0.15) is 0 Å². The van der Waals surface area contributed by atoms with Crippen LogP contribution in [0.2, 0.25) is 0 Å². The lowest BCUT2D eigenvalue weighted by molar-refractivity contribution is -0.108. The number of carbonyl (C=O) groups is 1. The van der Waals surface area contributed by atoms with E-state index in [4.69, 9.17) is 21.1 Å². The molecule has 0 amide bonds. The van der Waals surface area contributed by atoms with Crippen LogP contribution in [-0.2, 0) is 11.2 Å². The molecule has 2 rings (SSSR count). The summed E-state index contributed by atoms with van der Waals surface area (Å²) in [5.41, 5.74) is 2.81. The van der Waals surface area contributed by atoms with Gasteiger partial charge in [0.1, 0.15) is 0 Å². The van der Waals surface area contributed by atoms with E-state index >= 15 is 0 Å². The molecule has 0 saturated heterocycles. The van der Waals surface area contributed by atoms with Gasteiger partial charge in [0.05, 0.1) is 14.2 Å². The zero-order valence-corrected chi connectivity index (χ0v) is 11.9. The highest BCUT2D eigenvalue weighted by atomic mass is 35.5. The first-order valence-corrected chi connectivity index (χ1v) is 6.68. The number of aryl methyl sites for hydroxylation is 1. The van der Waals surface area contributed by atoms with E-state index in [9.17, 15) is 4.79 Å². The quantitative estimate of drug-likeness (QED) is 0.794. The van der Waals surface area contributed by atoms with Gasteiger partial charge in [-0.25, -0.2) is 0 Å². The summed E-state index contributed by atoms with van der Waals surface area (Å²) in [5, 5.41) is -0.373. The lowest BCUT2D eigenvalue weighted by Gasteiger charge is -2.16. The summed E-state index contributed by atoms with van der Waals surface area (Å²) in [4.78, 5) is 11.4. The van der Waals surface area contributed by atoms with E-state index < -0.39 is 0 Å². The van der Waals surface area contributed by atoms with Crippen molar-refractivity contribution >= 4 is 22.9 Å². The van der Waals surface area contributed by atoms with Crippen molar-refractivity contribution in [1.82, 2.24) is 0 Å². The average molecular weight is 281 g/mol. The lowest BCUT2D eigenvalue weighted by atomic mass is 9.94. The maximum atomic E-state index is 11.4. The lowest BCUT2D eigenvalue weighted by Crippen LogP contribution is -2.02. The molecule has 0 heterocycles. The smallest absolute Gasteiger partial charge is 0.248 e. The Kier molecular flexibility index (Phi) is 4.48. The molecule has 19 heavy (non-hydrogen) atoms. The van der Waals surface area contributed by atoms with Gasteiger partial charge in [0.25, 0.3) is 0 Å². The molecule has 1 aliphatic rings. The molecule has 1 aromatic carbocycles. The molecule has 1 aliphatic carbocycles. The van der Waals surface area contributed by atoms with Crippen LogP contribution < -0.4 is 9.47 Å². The SMILES string of the molecule is COc1cc2c(cc1OC)CCCCC(C(=O)Cl)=C2. The predicted octanol–water partition coefficient (Wildman–Crippen LogP) is 3.58. The second kappa shape index (κ2) is 6.11. The van der Waals surface area contributed by atoms with Crippen LogP contribution in [0.1, 0.15) is 30.4 Å². The van der Waals surface area contributed by atoms with Crippen LogP contribution in [0, 0.1) is 0 Å². The van der Waals surface area contributed by atoms with E-state index in [0.717, 1.165) is 36.8 Å². The Balaban J connectivity index is 2.53. The molecule has 0 atom stereocenters. The Bertz CT molecular complexity index is 520. The van der Waals surface area contributed by atoms with E-state index in [1.165, 1.54) is 0 Å². The molecular weight excluding hydrogens is 264 g/mol. The molecule has 0 bridgehead atoms. The highest BCUT2D eigenvalue weighted by molar-refractivity contribution is 6.68. The second-order valence-electron chi connectivity index (χ2n) is 4.56. The van der Waals surface area contributed by atoms with Crippen LogP contribution in [0.3, 0.4) is 0 Å². The molecular formula is C15H17ClO3. The van der Waals surface area contributed by atoms with Gasteiger partial charge >= 0.3 is 0 Å². The van der Waals surface area contributed by atoms with Gasteiger partial charge in [-0.1, -0.05) is 0 Å². The average Bonchev–Trinajstić information content (AvgIpc) is 2.38. The molecule has 0 aliphatic heterocycles. The van der Waals surface area contributed by atoms with Gasteiger partial charge < -0.3 is 9.47 Å². The maximum absolute atomic E-state index is 11.4. The molecule has 0 spiro atoms. The third-order valence-corrected chi connectivity index (χ3v) is 3.61. The minimum absolute atomic E-state index is 0.373. The van der Waals surface area contributed by atoms with Gasteiger partial charge in [-0.05, 0) is 66.6 Å². The van der Waals surface area contributed by atoms with Crippen molar-refractivity contribution in [2.24, 2.45) is 0 Å². The van der Waals surface area contributed by atoms with Gasteiger partial charge in [0.2, 0.25) is 5.24 Å². The zero-order chi connectivity index (χ0) is 13.8. The van der Waals surface area contributed by atoms with Crippen molar-refractivity contribution in [2.45, 2.75) is 25.7 Å². The standard InChI is InChI=1S/C15H17ClO3/c1-18-13-8-10-5-3-4-6-11(15(16)17)7-12(10)9-14(13)19-2/h7-9H,3-6H2,1-2H3. The molecule has 0 aromatic heterocycles. The fourth-order valence-corrected chi connectivity index (χ4v) is 2.48. The summed E-state index contributed by atoms with van der Waals surface area (Å²) in [7, 11) is 3.22. The van der Waals surface area contributed by atoms with Crippen LogP contribution in [-0.4, -0.2) is 19.5 Å².